The molecule has 0 bridgehead atoms. The third kappa shape index (κ3) is 1.96. The summed E-state index contributed by atoms with van der Waals surface area (Å²) in [5.41, 5.74) is 0. The molecule has 0 aliphatic heterocycles. The highest BCUT2D eigenvalue weighted by Crippen LogP contribution is 2.49. The van der Waals surface area contributed by atoms with Gasteiger partial charge >= 0.3 is 22.4 Å². The molecule has 1 unspecified atom stereocenters. The number of aliphatic carboxylic acids is 1. The molecule has 2 nitrogen and oxygen atoms in total. The van der Waals surface area contributed by atoms with E-state index in [-0.39, 0.29) is 0 Å². The van der Waals surface area contributed by atoms with Crippen LogP contribution in [-0.2, 0) is 4.79 Å². The standard InChI is InChI=1S/C4HCl2F5O2/c5-3(9,4(6,10)11)2(7,8)1(12)13/h(H,12,13). The first-order valence-electron chi connectivity index (χ1n) is 2.50. The van der Waals surface area contributed by atoms with Gasteiger partial charge in [0.15, 0.2) is 0 Å². The van der Waals surface area contributed by atoms with E-state index in [1.165, 1.54) is 0 Å². The van der Waals surface area contributed by atoms with Crippen LogP contribution in [0.3, 0.4) is 0 Å². The normalized spacial score (nSPS) is 18.1. The largest absolute Gasteiger partial charge is 0.477 e. The predicted octanol–water partition coefficient (Wildman–Crippen LogP) is 2.44. The van der Waals surface area contributed by atoms with Gasteiger partial charge in [-0.25, -0.2) is 9.18 Å². The average molecular weight is 247 g/mol. The van der Waals surface area contributed by atoms with Crippen LogP contribution in [0.25, 0.3) is 0 Å². The van der Waals surface area contributed by atoms with Gasteiger partial charge in [-0.2, -0.15) is 17.6 Å². The molecule has 0 saturated heterocycles. The number of halogens is 7. The molecule has 0 radical (unpaired) electrons. The van der Waals surface area contributed by atoms with E-state index in [2.05, 4.69) is 23.2 Å². The zero-order valence-electron chi connectivity index (χ0n) is 5.50. The zero-order chi connectivity index (χ0) is 11.1. The van der Waals surface area contributed by atoms with E-state index in [4.69, 9.17) is 5.11 Å². The molecule has 0 saturated carbocycles. The van der Waals surface area contributed by atoms with E-state index in [0.29, 0.717) is 0 Å². The van der Waals surface area contributed by atoms with E-state index in [0.717, 1.165) is 0 Å². The van der Waals surface area contributed by atoms with Crippen molar-refractivity contribution in [3.8, 4) is 0 Å². The van der Waals surface area contributed by atoms with Gasteiger partial charge in [-0.15, -0.1) is 0 Å². The van der Waals surface area contributed by atoms with Crippen LogP contribution in [0.15, 0.2) is 0 Å². The Morgan fingerprint density at radius 1 is 1.08 bits per heavy atom. The number of rotatable bonds is 3. The Balaban J connectivity index is 5.16. The van der Waals surface area contributed by atoms with E-state index in [1.807, 2.05) is 0 Å². The summed E-state index contributed by atoms with van der Waals surface area (Å²) in [4.78, 5) is 9.65. The number of carboxylic acid groups (broad SMARTS) is 1. The highest BCUT2D eigenvalue weighted by molar-refractivity contribution is 6.34. The van der Waals surface area contributed by atoms with Crippen LogP contribution in [0, 0.1) is 0 Å². The topological polar surface area (TPSA) is 37.3 Å². The van der Waals surface area contributed by atoms with Gasteiger partial charge in [-0.05, 0) is 11.6 Å². The molecule has 1 N–H and O–H groups in total. The highest BCUT2D eigenvalue weighted by atomic mass is 35.5. The van der Waals surface area contributed by atoms with Gasteiger partial charge in [-0.1, -0.05) is 11.6 Å². The molecule has 0 aromatic heterocycles. The van der Waals surface area contributed by atoms with Gasteiger partial charge in [0.2, 0.25) is 0 Å². The molecule has 0 heterocycles. The van der Waals surface area contributed by atoms with Crippen molar-refractivity contribution in [1.82, 2.24) is 0 Å². The molecule has 0 aromatic carbocycles. The second-order valence-electron chi connectivity index (χ2n) is 1.95. The molecule has 1 atom stereocenters. The van der Waals surface area contributed by atoms with Crippen LogP contribution < -0.4 is 0 Å². The Morgan fingerprint density at radius 3 is 1.46 bits per heavy atom. The van der Waals surface area contributed by atoms with Crippen molar-refractivity contribution < 1.29 is 31.9 Å². The number of hydrogen-bond acceptors (Lipinski definition) is 1. The summed E-state index contributed by atoms with van der Waals surface area (Å²) in [5, 5.41) is -2.70. The molecule has 9 heteroatoms. The Bertz CT molecular complexity index is 223. The Morgan fingerprint density at radius 2 is 1.38 bits per heavy atom. The average Bonchev–Trinajstić information content (AvgIpc) is 1.84. The maximum Gasteiger partial charge on any atom is 0.397 e. The van der Waals surface area contributed by atoms with Crippen molar-refractivity contribution in [2.75, 3.05) is 0 Å². The minimum Gasteiger partial charge on any atom is -0.477 e. The number of hydrogen-bond donors (Lipinski definition) is 1. The zero-order valence-corrected chi connectivity index (χ0v) is 7.01. The molecule has 0 fully saturated rings. The molecular weight excluding hydrogens is 246 g/mol. The highest BCUT2D eigenvalue weighted by Gasteiger charge is 2.73. The van der Waals surface area contributed by atoms with Crippen LogP contribution in [0.4, 0.5) is 22.0 Å². The van der Waals surface area contributed by atoms with Gasteiger partial charge < -0.3 is 5.11 Å². The summed E-state index contributed by atoms with van der Waals surface area (Å²) < 4.78 is 60.4. The van der Waals surface area contributed by atoms with Crippen LogP contribution in [0.2, 0.25) is 0 Å². The lowest BCUT2D eigenvalue weighted by Crippen LogP contribution is -2.54. The van der Waals surface area contributed by atoms with Gasteiger partial charge in [0, 0.05) is 0 Å². The van der Waals surface area contributed by atoms with Crippen LogP contribution in [-0.4, -0.2) is 27.5 Å². The van der Waals surface area contributed by atoms with Gasteiger partial charge in [0.05, 0.1) is 0 Å². The molecular formula is C4HCl2F5O2. The van der Waals surface area contributed by atoms with Crippen molar-refractivity contribution in [3.63, 3.8) is 0 Å². The Labute approximate surface area is 78.2 Å². The number of carboxylic acids is 1. The summed E-state index contributed by atoms with van der Waals surface area (Å²) >= 11 is 7.89. The fraction of sp³-hybridized carbons (Fsp3) is 0.750. The quantitative estimate of drug-likeness (QED) is 0.614. The third-order valence-corrected chi connectivity index (χ3v) is 1.85. The smallest absolute Gasteiger partial charge is 0.397 e. The van der Waals surface area contributed by atoms with Crippen molar-refractivity contribution in [1.29, 1.82) is 0 Å². The minimum absolute atomic E-state index is 3.13. The summed E-state index contributed by atoms with van der Waals surface area (Å²) in [5.74, 6) is -8.62. The summed E-state index contributed by atoms with van der Waals surface area (Å²) in [6.45, 7) is 0. The first kappa shape index (κ1) is 12.7. The Kier molecular flexibility index (Phi) is 3.05. The molecule has 78 valence electrons. The molecule has 13 heavy (non-hydrogen) atoms. The summed E-state index contributed by atoms with van der Waals surface area (Å²) in [6.07, 6.45) is 0. The monoisotopic (exact) mass is 246 g/mol. The molecule has 0 aromatic rings. The molecule has 0 spiro atoms. The lowest BCUT2D eigenvalue weighted by atomic mass is 10.2. The molecule has 0 rings (SSSR count). The van der Waals surface area contributed by atoms with Crippen LogP contribution in [0.5, 0.6) is 0 Å². The van der Waals surface area contributed by atoms with Gasteiger partial charge in [-0.3, -0.25) is 0 Å². The second-order valence-corrected chi connectivity index (χ2v) is 2.95. The maximum absolute atomic E-state index is 12.4. The number of alkyl halides is 7. The van der Waals surface area contributed by atoms with Crippen molar-refractivity contribution in [3.05, 3.63) is 0 Å². The summed E-state index contributed by atoms with van der Waals surface area (Å²) in [6, 6.07) is 0. The minimum atomic E-state index is -5.49. The predicted molar refractivity (Wildman–Crippen MR) is 33.1 cm³/mol. The molecule has 0 amide bonds. The first-order chi connectivity index (χ1) is 5.44. The van der Waals surface area contributed by atoms with E-state index >= 15 is 0 Å². The summed E-state index contributed by atoms with van der Waals surface area (Å²) in [7, 11) is 0. The fourth-order valence-corrected chi connectivity index (χ4v) is 0.512. The van der Waals surface area contributed by atoms with Gasteiger partial charge in [0.25, 0.3) is 0 Å². The molecule has 0 aliphatic rings. The van der Waals surface area contributed by atoms with E-state index < -0.39 is 22.4 Å². The lowest BCUT2D eigenvalue weighted by molar-refractivity contribution is -0.201. The fourth-order valence-electron chi connectivity index (χ4n) is 0.312. The lowest BCUT2D eigenvalue weighted by Gasteiger charge is -2.27. The van der Waals surface area contributed by atoms with Crippen molar-refractivity contribution >= 4 is 29.2 Å². The van der Waals surface area contributed by atoms with Crippen LogP contribution in [0.1, 0.15) is 0 Å². The van der Waals surface area contributed by atoms with Crippen molar-refractivity contribution in [2.24, 2.45) is 0 Å². The van der Waals surface area contributed by atoms with Gasteiger partial charge in [0.1, 0.15) is 0 Å². The molecule has 0 aliphatic carbocycles. The Hall–Kier alpha value is -0.300. The SMILES string of the molecule is O=C(O)C(F)(F)C(F)(Cl)C(F)(F)Cl. The number of carbonyl (C=O) groups is 1. The first-order valence-corrected chi connectivity index (χ1v) is 3.26. The van der Waals surface area contributed by atoms with E-state index in [1.54, 1.807) is 0 Å². The second kappa shape index (κ2) is 3.13. The third-order valence-electron chi connectivity index (χ3n) is 1.02. The van der Waals surface area contributed by atoms with Crippen LogP contribution >= 0.6 is 23.2 Å². The maximum atomic E-state index is 12.4. The van der Waals surface area contributed by atoms with Crippen molar-refractivity contribution in [2.45, 2.75) is 16.4 Å². The van der Waals surface area contributed by atoms with E-state index in [9.17, 15) is 26.7 Å².